The molecule has 0 bridgehead atoms. The predicted molar refractivity (Wildman–Crippen MR) is 107 cm³/mol. The Kier molecular flexibility index (Phi) is 6.63. The van der Waals surface area contributed by atoms with Gasteiger partial charge in [-0.25, -0.2) is 0 Å². The number of anilines is 1. The summed E-state index contributed by atoms with van der Waals surface area (Å²) in [5.74, 6) is -0.434. The Labute approximate surface area is 172 Å². The average molecular weight is 442 g/mol. The maximum Gasteiger partial charge on any atom is 0.416 e. The maximum absolute atomic E-state index is 12.9. The van der Waals surface area contributed by atoms with Gasteiger partial charge in [-0.15, -0.1) is 10.2 Å². The molecule has 3 aromatic rings. The first-order valence-electron chi connectivity index (χ1n) is 7.94. The molecule has 0 aliphatic heterocycles. The first kappa shape index (κ1) is 20.7. The molecule has 10 heteroatoms. The van der Waals surface area contributed by atoms with Crippen molar-refractivity contribution in [3.8, 4) is 0 Å². The van der Waals surface area contributed by atoms with Crippen LogP contribution in [0, 0.1) is 0 Å². The molecule has 3 rings (SSSR count). The van der Waals surface area contributed by atoms with Gasteiger partial charge in [-0.2, -0.15) is 13.2 Å². The second-order valence-corrected chi connectivity index (χ2v) is 8.90. The van der Waals surface area contributed by atoms with Crippen molar-refractivity contribution in [2.75, 3.05) is 11.6 Å². The Morgan fingerprint density at radius 1 is 1.07 bits per heavy atom. The highest BCUT2D eigenvalue weighted by atomic mass is 32.2. The van der Waals surface area contributed by atoms with E-state index in [1.807, 2.05) is 12.3 Å². The molecule has 0 radical (unpaired) electrons. The summed E-state index contributed by atoms with van der Waals surface area (Å²) in [6, 6.07) is 13.6. The molecule has 28 heavy (non-hydrogen) atoms. The highest BCUT2D eigenvalue weighted by molar-refractivity contribution is 8.03. The Hall–Kier alpha value is -2.04. The fourth-order valence-electron chi connectivity index (χ4n) is 2.31. The molecule has 2 aromatic carbocycles. The number of thioether (sulfide) groups is 2. The molecule has 146 valence electrons. The molecule has 1 N–H and O–H groups in total. The zero-order valence-corrected chi connectivity index (χ0v) is 16.9. The number of benzene rings is 2. The van der Waals surface area contributed by atoms with Crippen molar-refractivity contribution in [3.05, 3.63) is 65.7 Å². The van der Waals surface area contributed by atoms with E-state index in [1.165, 1.54) is 47.0 Å². The van der Waals surface area contributed by atoms with Crippen molar-refractivity contribution < 1.29 is 18.0 Å². The number of nitrogens with zero attached hydrogens (tertiary/aromatic N) is 2. The number of alkyl halides is 3. The van der Waals surface area contributed by atoms with E-state index >= 15 is 0 Å². The lowest BCUT2D eigenvalue weighted by Crippen LogP contribution is -2.19. The SMILES string of the molecule is CSc1nnc(S[C@H](C(=O)Nc2cccc(C(F)(F)F)c2)c2ccccc2)s1. The number of aromatic nitrogens is 2. The van der Waals surface area contributed by atoms with E-state index in [0.29, 0.717) is 4.34 Å². The van der Waals surface area contributed by atoms with Gasteiger partial charge in [-0.05, 0) is 30.0 Å². The van der Waals surface area contributed by atoms with Crippen LogP contribution in [0.2, 0.25) is 0 Å². The lowest BCUT2D eigenvalue weighted by molar-refractivity contribution is -0.137. The van der Waals surface area contributed by atoms with Crippen LogP contribution in [-0.4, -0.2) is 22.4 Å². The van der Waals surface area contributed by atoms with E-state index in [9.17, 15) is 18.0 Å². The maximum atomic E-state index is 12.9. The third-order valence-corrected chi connectivity index (χ3v) is 6.82. The van der Waals surface area contributed by atoms with Crippen LogP contribution in [-0.2, 0) is 11.0 Å². The van der Waals surface area contributed by atoms with Gasteiger partial charge in [0.1, 0.15) is 5.25 Å². The molecule has 0 fully saturated rings. The van der Waals surface area contributed by atoms with Gasteiger partial charge < -0.3 is 5.32 Å². The van der Waals surface area contributed by atoms with E-state index < -0.39 is 22.9 Å². The smallest absolute Gasteiger partial charge is 0.325 e. The average Bonchev–Trinajstić information content (AvgIpc) is 3.14. The Balaban J connectivity index is 1.84. The number of nitrogens with one attached hydrogen (secondary N) is 1. The van der Waals surface area contributed by atoms with Gasteiger partial charge in [-0.3, -0.25) is 4.79 Å². The summed E-state index contributed by atoms with van der Waals surface area (Å²) in [5, 5.41) is 9.99. The van der Waals surface area contributed by atoms with Crippen LogP contribution < -0.4 is 5.32 Å². The van der Waals surface area contributed by atoms with Crippen LogP contribution in [0.1, 0.15) is 16.4 Å². The van der Waals surface area contributed by atoms with E-state index in [4.69, 9.17) is 0 Å². The molecule has 0 aliphatic rings. The number of amides is 1. The number of carbonyl (C=O) groups excluding carboxylic acids is 1. The van der Waals surface area contributed by atoms with E-state index in [2.05, 4.69) is 15.5 Å². The monoisotopic (exact) mass is 441 g/mol. The van der Waals surface area contributed by atoms with Gasteiger partial charge in [0, 0.05) is 5.69 Å². The van der Waals surface area contributed by atoms with Crippen LogP contribution in [0.5, 0.6) is 0 Å². The zero-order valence-electron chi connectivity index (χ0n) is 14.4. The molecule has 0 saturated carbocycles. The van der Waals surface area contributed by atoms with Crippen molar-refractivity contribution in [1.29, 1.82) is 0 Å². The van der Waals surface area contributed by atoms with E-state index in [-0.39, 0.29) is 5.69 Å². The third kappa shape index (κ3) is 5.27. The molecular formula is C18H14F3N3OS3. The largest absolute Gasteiger partial charge is 0.416 e. The van der Waals surface area contributed by atoms with Gasteiger partial charge in [0.25, 0.3) is 0 Å². The lowest BCUT2D eigenvalue weighted by Gasteiger charge is -2.16. The molecule has 0 spiro atoms. The zero-order chi connectivity index (χ0) is 20.1. The molecule has 1 aromatic heterocycles. The highest BCUT2D eigenvalue weighted by Gasteiger charge is 2.31. The van der Waals surface area contributed by atoms with Crippen molar-refractivity contribution in [3.63, 3.8) is 0 Å². The number of carbonyl (C=O) groups is 1. The molecule has 4 nitrogen and oxygen atoms in total. The Morgan fingerprint density at radius 3 is 2.43 bits per heavy atom. The summed E-state index contributed by atoms with van der Waals surface area (Å²) >= 11 is 4.02. The Bertz CT molecular complexity index is 948. The van der Waals surface area contributed by atoms with Crippen molar-refractivity contribution in [2.24, 2.45) is 0 Å². The summed E-state index contributed by atoms with van der Waals surface area (Å²) in [4.78, 5) is 12.9. The van der Waals surface area contributed by atoms with Crippen LogP contribution in [0.15, 0.2) is 63.3 Å². The normalized spacial score (nSPS) is 12.6. The minimum absolute atomic E-state index is 0.0865. The first-order valence-corrected chi connectivity index (χ1v) is 10.9. The second-order valence-electron chi connectivity index (χ2n) is 5.51. The second kappa shape index (κ2) is 8.97. The van der Waals surface area contributed by atoms with Crippen molar-refractivity contribution in [2.45, 2.75) is 20.1 Å². The van der Waals surface area contributed by atoms with Gasteiger partial charge in [0.05, 0.1) is 5.56 Å². The molecular weight excluding hydrogens is 427 g/mol. The van der Waals surface area contributed by atoms with Gasteiger partial charge in [0.15, 0.2) is 8.68 Å². The van der Waals surface area contributed by atoms with Crippen LogP contribution >= 0.6 is 34.9 Å². The summed E-state index contributed by atoms with van der Waals surface area (Å²) in [6.07, 6.45) is -2.60. The quantitative estimate of drug-likeness (QED) is 0.494. The lowest BCUT2D eigenvalue weighted by atomic mass is 10.1. The molecule has 1 heterocycles. The molecule has 0 unspecified atom stereocenters. The number of hydrogen-bond acceptors (Lipinski definition) is 6. The minimum atomic E-state index is -4.48. The van der Waals surface area contributed by atoms with E-state index in [0.717, 1.165) is 22.0 Å². The van der Waals surface area contributed by atoms with Crippen molar-refractivity contribution in [1.82, 2.24) is 10.2 Å². The number of hydrogen-bond donors (Lipinski definition) is 1. The highest BCUT2D eigenvalue weighted by Crippen LogP contribution is 2.39. The molecule has 0 aliphatic carbocycles. The summed E-state index contributed by atoms with van der Waals surface area (Å²) in [7, 11) is 0. The predicted octanol–water partition coefficient (Wildman–Crippen LogP) is 5.75. The molecule has 1 amide bonds. The first-order chi connectivity index (χ1) is 13.4. The van der Waals surface area contributed by atoms with Gasteiger partial charge in [0.2, 0.25) is 5.91 Å². The topological polar surface area (TPSA) is 54.9 Å². The number of halogens is 3. The molecule has 0 saturated heterocycles. The van der Waals surface area contributed by atoms with Crippen LogP contribution in [0.3, 0.4) is 0 Å². The van der Waals surface area contributed by atoms with Crippen LogP contribution in [0.25, 0.3) is 0 Å². The van der Waals surface area contributed by atoms with Gasteiger partial charge >= 0.3 is 6.18 Å². The van der Waals surface area contributed by atoms with Gasteiger partial charge in [-0.1, -0.05) is 71.3 Å². The fourth-order valence-corrected chi connectivity index (χ4v) is 4.94. The van der Waals surface area contributed by atoms with E-state index in [1.54, 1.807) is 24.3 Å². The fraction of sp³-hybridized carbons (Fsp3) is 0.167. The summed E-state index contributed by atoms with van der Waals surface area (Å²) in [6.45, 7) is 0. The standard InChI is InChI=1S/C18H14F3N3OS3/c1-26-16-23-24-17(28-16)27-14(11-6-3-2-4-7-11)15(25)22-13-9-5-8-12(10-13)18(19,20)21/h2-10,14H,1H3,(H,22,25)/t14-/m0/s1. The Morgan fingerprint density at radius 2 is 1.79 bits per heavy atom. The molecule has 1 atom stereocenters. The van der Waals surface area contributed by atoms with Crippen LogP contribution in [0.4, 0.5) is 18.9 Å². The summed E-state index contributed by atoms with van der Waals surface area (Å²) < 4.78 is 40.1. The van der Waals surface area contributed by atoms with Crippen molar-refractivity contribution >= 4 is 46.5 Å². The minimum Gasteiger partial charge on any atom is -0.325 e. The summed E-state index contributed by atoms with van der Waals surface area (Å²) in [5.41, 5.74) is -0.00995. The number of rotatable bonds is 6. The third-order valence-electron chi connectivity index (χ3n) is 3.58.